The van der Waals surface area contributed by atoms with Crippen LogP contribution in [0.25, 0.3) is 0 Å². The molecule has 0 unspecified atom stereocenters. The van der Waals surface area contributed by atoms with E-state index < -0.39 is 19.2 Å². The molecule has 71 valence electrons. The fourth-order valence-electron chi connectivity index (χ4n) is 1.81. The zero-order valence-electron chi connectivity index (χ0n) is 8.50. The second-order valence-electron chi connectivity index (χ2n) is 3.90. The van der Waals surface area contributed by atoms with E-state index in [0.717, 1.165) is 0 Å². The van der Waals surface area contributed by atoms with Crippen molar-refractivity contribution in [2.45, 2.75) is 52.9 Å². The van der Waals surface area contributed by atoms with E-state index in [2.05, 4.69) is 40.9 Å². The summed E-state index contributed by atoms with van der Waals surface area (Å²) < 4.78 is 5.01. The van der Waals surface area contributed by atoms with Crippen molar-refractivity contribution in [3.05, 3.63) is 0 Å². The van der Waals surface area contributed by atoms with Gasteiger partial charge in [-0.25, -0.2) is 0 Å². The van der Waals surface area contributed by atoms with Crippen molar-refractivity contribution in [2.75, 3.05) is 0 Å². The first-order valence-electron chi connectivity index (χ1n) is 4.56. The molecule has 1 radical (unpaired) electrons. The summed E-state index contributed by atoms with van der Waals surface area (Å²) in [6.45, 7) is 11.2. The van der Waals surface area contributed by atoms with E-state index in [1.807, 2.05) is 0 Å². The Morgan fingerprint density at radius 2 is 1.42 bits per heavy atom. The third kappa shape index (κ3) is 1.76. The van der Waals surface area contributed by atoms with Crippen LogP contribution in [0, 0.1) is 0 Å². The average Bonchev–Trinajstić information content (AvgIpc) is 1.84. The van der Waals surface area contributed by atoms with Crippen LogP contribution in [0.2, 0.25) is 0 Å². The van der Waals surface area contributed by atoms with Crippen molar-refractivity contribution in [2.24, 2.45) is 0 Å². The fraction of sp³-hybridized carbons (Fsp3) is 1.00. The average molecular weight is 296 g/mol. The van der Waals surface area contributed by atoms with Gasteiger partial charge >= 0.3 is 87.2 Å². The number of rotatable bonds is 2. The molecule has 1 aliphatic rings. The molecule has 1 aliphatic heterocycles. The van der Waals surface area contributed by atoms with Gasteiger partial charge in [-0.05, 0) is 0 Å². The zero-order chi connectivity index (χ0) is 9.46. The second-order valence-corrected chi connectivity index (χ2v) is 10.7. The van der Waals surface area contributed by atoms with E-state index in [0.29, 0.717) is 18.2 Å². The Kier molecular flexibility index (Phi) is 3.72. The standard InChI is InChI=1S/C8H18N2.ClH.Sn/c1-6(2)9-8(5)10-7(3)4;;/h6-8H,1-5H3;1H;/q-2;;+3/p-1. The molecule has 0 aromatic heterocycles. The first-order chi connectivity index (χ1) is 5.46. The molecule has 0 aliphatic carbocycles. The Morgan fingerprint density at radius 1 is 1.08 bits per heavy atom. The molecule has 2 nitrogen and oxygen atoms in total. The Morgan fingerprint density at radius 3 is 1.58 bits per heavy atom. The van der Waals surface area contributed by atoms with Gasteiger partial charge in [-0.2, -0.15) is 0 Å². The van der Waals surface area contributed by atoms with Gasteiger partial charge < -0.3 is 0 Å². The van der Waals surface area contributed by atoms with Crippen LogP contribution in [0.5, 0.6) is 0 Å². The molecule has 0 aromatic carbocycles. The molecule has 0 N–H and O–H groups in total. The van der Waals surface area contributed by atoms with Crippen LogP contribution in [-0.2, 0) is 0 Å². The summed E-state index contributed by atoms with van der Waals surface area (Å²) >= 11 is -1.79. The summed E-state index contributed by atoms with van der Waals surface area (Å²) in [5.74, 6) is 0. The maximum absolute atomic E-state index is 6.41. The van der Waals surface area contributed by atoms with Gasteiger partial charge in [-0.1, -0.05) is 0 Å². The van der Waals surface area contributed by atoms with E-state index in [1.165, 1.54) is 0 Å². The van der Waals surface area contributed by atoms with Gasteiger partial charge in [-0.15, -0.1) is 0 Å². The van der Waals surface area contributed by atoms with Crippen molar-refractivity contribution in [1.82, 2.24) is 6.24 Å². The van der Waals surface area contributed by atoms with Crippen molar-refractivity contribution in [1.29, 1.82) is 0 Å². The quantitative estimate of drug-likeness (QED) is 0.719. The molecule has 0 aromatic rings. The summed E-state index contributed by atoms with van der Waals surface area (Å²) in [4.78, 5) is 0. The van der Waals surface area contributed by atoms with Gasteiger partial charge in [0.05, 0.1) is 0 Å². The number of halogens is 1. The molecular formula is C8H18ClN2Sn. The van der Waals surface area contributed by atoms with Crippen molar-refractivity contribution in [3.8, 4) is 0 Å². The summed E-state index contributed by atoms with van der Waals surface area (Å²) in [5.41, 5.74) is 0. The van der Waals surface area contributed by atoms with Crippen molar-refractivity contribution in [3.63, 3.8) is 0 Å². The van der Waals surface area contributed by atoms with Crippen LogP contribution in [0.4, 0.5) is 0 Å². The van der Waals surface area contributed by atoms with E-state index in [4.69, 9.17) is 8.92 Å². The summed E-state index contributed by atoms with van der Waals surface area (Å²) in [6.07, 6.45) is 0.580. The maximum atomic E-state index is 6.41. The molecule has 1 heterocycles. The Balaban J connectivity index is 2.56. The van der Waals surface area contributed by atoms with E-state index in [9.17, 15) is 0 Å². The molecule has 4 heteroatoms. The molecule has 0 spiro atoms. The predicted octanol–water partition coefficient (Wildman–Crippen LogP) is 1.99. The zero-order valence-corrected chi connectivity index (χ0v) is 12.1. The van der Waals surface area contributed by atoms with Gasteiger partial charge in [0.2, 0.25) is 0 Å². The van der Waals surface area contributed by atoms with Gasteiger partial charge in [0.15, 0.2) is 0 Å². The molecular weight excluding hydrogens is 278 g/mol. The van der Waals surface area contributed by atoms with Crippen molar-refractivity contribution >= 4 is 28.1 Å². The van der Waals surface area contributed by atoms with Gasteiger partial charge in [0.25, 0.3) is 0 Å². The normalized spacial score (nSPS) is 24.0. The number of nitrogens with zero attached hydrogens (tertiary/aromatic N) is 2. The van der Waals surface area contributed by atoms with Crippen LogP contribution in [0.15, 0.2) is 0 Å². The van der Waals surface area contributed by atoms with E-state index >= 15 is 0 Å². The van der Waals surface area contributed by atoms with Crippen LogP contribution in [0.3, 0.4) is 0 Å². The fourth-order valence-corrected chi connectivity index (χ4v) is 11.5. The first-order valence-corrected chi connectivity index (χ1v) is 10.7. The molecule has 0 saturated carbocycles. The third-order valence-corrected chi connectivity index (χ3v) is 12.5. The Bertz CT molecular complexity index is 137. The molecule has 0 atom stereocenters. The molecule has 1 saturated heterocycles. The molecule has 1 fully saturated rings. The van der Waals surface area contributed by atoms with Crippen LogP contribution in [-0.4, -0.2) is 43.7 Å². The van der Waals surface area contributed by atoms with Crippen LogP contribution >= 0.6 is 8.92 Å². The second kappa shape index (κ2) is 4.03. The van der Waals surface area contributed by atoms with E-state index in [1.54, 1.807) is 0 Å². The van der Waals surface area contributed by atoms with Gasteiger partial charge in [0.1, 0.15) is 0 Å². The SMILES string of the molecule is CC(C)[N]1C(C)[N](C(C)C)[Sn]1[Cl]. The number of hydrogen-bond acceptors (Lipinski definition) is 2. The molecule has 0 bridgehead atoms. The monoisotopic (exact) mass is 297 g/mol. The molecule has 0 amide bonds. The molecule has 12 heavy (non-hydrogen) atoms. The Labute approximate surface area is 87.0 Å². The summed E-state index contributed by atoms with van der Waals surface area (Å²) in [7, 11) is 6.41. The van der Waals surface area contributed by atoms with Gasteiger partial charge in [0, 0.05) is 0 Å². The Hall–Kier alpha value is 1.01. The first kappa shape index (κ1) is 11.1. The summed E-state index contributed by atoms with van der Waals surface area (Å²) in [5, 5.41) is 0. The van der Waals surface area contributed by atoms with E-state index in [-0.39, 0.29) is 0 Å². The molecule has 1 rings (SSSR count). The summed E-state index contributed by atoms with van der Waals surface area (Å²) in [6, 6.07) is 1.25. The topological polar surface area (TPSA) is 6.48 Å². The minimum absolute atomic E-state index is 0.580. The third-order valence-electron chi connectivity index (χ3n) is 2.34. The van der Waals surface area contributed by atoms with Crippen molar-refractivity contribution < 1.29 is 0 Å². The number of hydrogen-bond donors (Lipinski definition) is 0. The van der Waals surface area contributed by atoms with Crippen LogP contribution in [0.1, 0.15) is 34.6 Å². The van der Waals surface area contributed by atoms with Crippen LogP contribution < -0.4 is 0 Å². The van der Waals surface area contributed by atoms with Gasteiger partial charge in [-0.3, -0.25) is 0 Å². The minimum atomic E-state index is -1.79. The predicted molar refractivity (Wildman–Crippen MR) is 55.0 cm³/mol.